The third-order valence-electron chi connectivity index (χ3n) is 4.52. The highest BCUT2D eigenvalue weighted by atomic mass is 16.4. The van der Waals surface area contributed by atoms with Crippen molar-refractivity contribution in [2.24, 2.45) is 0 Å². The van der Waals surface area contributed by atoms with E-state index in [1.165, 1.54) is 0 Å². The number of aliphatic carboxylic acids is 1. The highest BCUT2D eigenvalue weighted by molar-refractivity contribution is 5.65. The molecule has 0 fully saturated rings. The van der Waals surface area contributed by atoms with Crippen molar-refractivity contribution in [3.63, 3.8) is 0 Å². The molecule has 26 heavy (non-hydrogen) atoms. The van der Waals surface area contributed by atoms with Crippen LogP contribution in [0.1, 0.15) is 52.4 Å². The summed E-state index contributed by atoms with van der Waals surface area (Å²) in [5, 5.41) is 41.4. The number of hydrogen-bond acceptors (Lipinski definition) is 5. The lowest BCUT2D eigenvalue weighted by atomic mass is 10.1. The Morgan fingerprint density at radius 1 is 1.00 bits per heavy atom. The number of quaternary nitrogens is 1. The Hall–Kier alpha value is -1.21. The van der Waals surface area contributed by atoms with E-state index in [9.17, 15) is 25.2 Å². The first kappa shape index (κ1) is 24.8. The average Bonchev–Trinajstić information content (AvgIpc) is 2.55. The molecule has 2 atom stereocenters. The zero-order chi connectivity index (χ0) is 19.8. The van der Waals surface area contributed by atoms with Crippen LogP contribution in [0.15, 0.2) is 24.3 Å². The number of aliphatic hydroxyl groups excluding tert-OH is 3. The minimum Gasteiger partial charge on any atom is -0.544 e. The summed E-state index contributed by atoms with van der Waals surface area (Å²) in [5.74, 6) is -1.24. The number of allylic oxidation sites excluding steroid dienone is 4. The van der Waals surface area contributed by atoms with Gasteiger partial charge in [-0.25, -0.2) is 0 Å². The Morgan fingerprint density at radius 2 is 1.46 bits per heavy atom. The molecule has 0 aromatic rings. The molecule has 3 N–H and O–H groups in total. The lowest BCUT2D eigenvalue weighted by Gasteiger charge is -2.41. The van der Waals surface area contributed by atoms with Crippen LogP contribution < -0.4 is 5.11 Å². The van der Waals surface area contributed by atoms with Crippen LogP contribution in [0.3, 0.4) is 0 Å². The van der Waals surface area contributed by atoms with Crippen molar-refractivity contribution in [1.82, 2.24) is 0 Å². The molecule has 0 aromatic carbocycles. The molecule has 0 heterocycles. The average molecular weight is 372 g/mol. The van der Waals surface area contributed by atoms with Crippen LogP contribution in [0.5, 0.6) is 0 Å². The van der Waals surface area contributed by atoms with Gasteiger partial charge in [-0.05, 0) is 52.4 Å². The van der Waals surface area contributed by atoms with Gasteiger partial charge < -0.3 is 29.7 Å². The van der Waals surface area contributed by atoms with E-state index < -0.39 is 18.2 Å². The van der Waals surface area contributed by atoms with E-state index in [1.807, 2.05) is 38.2 Å². The predicted octanol–water partition coefficient (Wildman–Crippen LogP) is 0.760. The van der Waals surface area contributed by atoms with Crippen molar-refractivity contribution >= 4 is 5.97 Å². The molecule has 0 saturated heterocycles. The summed E-state index contributed by atoms with van der Waals surface area (Å²) < 4.78 is -0.0611. The normalized spacial score (nSPS) is 16.8. The smallest absolute Gasteiger partial charge is 0.119 e. The number of nitrogens with zero attached hydrogens (tertiary/aromatic N) is 1. The lowest BCUT2D eigenvalue weighted by molar-refractivity contribution is -0.928. The number of carboxylic acid groups (broad SMARTS) is 1. The van der Waals surface area contributed by atoms with Crippen molar-refractivity contribution in [3.05, 3.63) is 24.3 Å². The molecule has 0 aliphatic rings. The van der Waals surface area contributed by atoms with Gasteiger partial charge in [0.2, 0.25) is 0 Å². The zero-order valence-electron chi connectivity index (χ0n) is 16.3. The first-order valence-electron chi connectivity index (χ1n) is 9.63. The number of rotatable bonds is 16. The Labute approximate surface area is 158 Å². The van der Waals surface area contributed by atoms with Gasteiger partial charge in [0.1, 0.15) is 38.4 Å². The third kappa shape index (κ3) is 12.2. The second-order valence-corrected chi connectivity index (χ2v) is 6.99. The number of aliphatic hydroxyl groups is 3. The van der Waals surface area contributed by atoms with Gasteiger partial charge in [-0.1, -0.05) is 24.3 Å². The van der Waals surface area contributed by atoms with Crippen LogP contribution in [0.25, 0.3) is 0 Å². The summed E-state index contributed by atoms with van der Waals surface area (Å²) in [6.07, 6.45) is 11.1. The monoisotopic (exact) mass is 371 g/mol. The van der Waals surface area contributed by atoms with Crippen molar-refractivity contribution in [1.29, 1.82) is 0 Å². The maximum atomic E-state index is 11.3. The van der Waals surface area contributed by atoms with Crippen LogP contribution in [-0.2, 0) is 4.79 Å². The standard InChI is InChI=1S/C20H37NO5/c1-3-5-7-9-11-18(23)15-21(13-14-22,17-20(25)26)16-19(24)12-10-8-6-4-2/h3-6,18-19,22-24H,7-17H2,1-2H3/b5-3+,6-4+. The molecular weight excluding hydrogens is 334 g/mol. The molecule has 152 valence electrons. The van der Waals surface area contributed by atoms with Crippen molar-refractivity contribution in [2.75, 3.05) is 32.8 Å². The summed E-state index contributed by atoms with van der Waals surface area (Å²) in [4.78, 5) is 11.3. The Balaban J connectivity index is 4.87. The van der Waals surface area contributed by atoms with Gasteiger partial charge in [-0.15, -0.1) is 0 Å². The minimum atomic E-state index is -1.24. The van der Waals surface area contributed by atoms with Gasteiger partial charge in [0.15, 0.2) is 0 Å². The molecule has 0 aromatic heterocycles. The SMILES string of the molecule is C/C=C/CCCC(O)C[N+](CCO)(CC(=O)[O-])CC(O)CCC/C=C/C. The van der Waals surface area contributed by atoms with Crippen LogP contribution in [0, 0.1) is 0 Å². The quantitative estimate of drug-likeness (QED) is 0.211. The molecule has 6 nitrogen and oxygen atoms in total. The fourth-order valence-corrected chi connectivity index (χ4v) is 3.30. The number of carboxylic acids is 1. The Kier molecular flexibility index (Phi) is 14.2. The van der Waals surface area contributed by atoms with E-state index in [1.54, 1.807) is 0 Å². The number of carbonyl (C=O) groups is 1. The second-order valence-electron chi connectivity index (χ2n) is 6.99. The Morgan fingerprint density at radius 3 is 1.81 bits per heavy atom. The number of hydrogen-bond donors (Lipinski definition) is 3. The molecule has 0 rings (SSSR count). The van der Waals surface area contributed by atoms with Crippen LogP contribution in [0.4, 0.5) is 0 Å². The van der Waals surface area contributed by atoms with Crippen LogP contribution in [-0.4, -0.2) is 70.8 Å². The largest absolute Gasteiger partial charge is 0.544 e. The van der Waals surface area contributed by atoms with Crippen molar-refractivity contribution < 1.29 is 29.7 Å². The molecular formula is C20H37NO5. The molecule has 0 spiro atoms. The summed E-state index contributed by atoms with van der Waals surface area (Å²) in [7, 11) is 0. The van der Waals surface area contributed by atoms with Crippen LogP contribution >= 0.6 is 0 Å². The maximum absolute atomic E-state index is 11.3. The molecule has 0 amide bonds. The molecule has 2 unspecified atom stereocenters. The third-order valence-corrected chi connectivity index (χ3v) is 4.52. The molecule has 0 aliphatic carbocycles. The zero-order valence-corrected chi connectivity index (χ0v) is 16.3. The fourth-order valence-electron chi connectivity index (χ4n) is 3.30. The first-order chi connectivity index (χ1) is 12.4. The highest BCUT2D eigenvalue weighted by Gasteiger charge is 2.32. The predicted molar refractivity (Wildman–Crippen MR) is 101 cm³/mol. The van der Waals surface area contributed by atoms with E-state index >= 15 is 0 Å². The Bertz CT molecular complexity index is 396. The maximum Gasteiger partial charge on any atom is 0.119 e. The molecule has 6 heteroatoms. The van der Waals surface area contributed by atoms with Gasteiger partial charge in [-0.3, -0.25) is 0 Å². The van der Waals surface area contributed by atoms with Gasteiger partial charge in [0, 0.05) is 0 Å². The fraction of sp³-hybridized carbons (Fsp3) is 0.750. The van der Waals surface area contributed by atoms with Gasteiger partial charge >= 0.3 is 0 Å². The summed E-state index contributed by atoms with van der Waals surface area (Å²) in [5.41, 5.74) is 0. The van der Waals surface area contributed by atoms with E-state index in [-0.39, 0.29) is 37.3 Å². The number of carbonyl (C=O) groups excluding carboxylic acids is 1. The minimum absolute atomic E-state index is 0.0611. The summed E-state index contributed by atoms with van der Waals surface area (Å²) >= 11 is 0. The van der Waals surface area contributed by atoms with Crippen LogP contribution in [0.2, 0.25) is 0 Å². The van der Waals surface area contributed by atoms with E-state index in [0.29, 0.717) is 12.8 Å². The van der Waals surface area contributed by atoms with Crippen molar-refractivity contribution in [3.8, 4) is 0 Å². The van der Waals surface area contributed by atoms with Gasteiger partial charge in [0.25, 0.3) is 0 Å². The van der Waals surface area contributed by atoms with E-state index in [0.717, 1.165) is 25.7 Å². The van der Waals surface area contributed by atoms with Gasteiger partial charge in [-0.2, -0.15) is 0 Å². The molecule has 0 radical (unpaired) electrons. The second kappa shape index (κ2) is 14.9. The number of unbranched alkanes of at least 4 members (excludes halogenated alkanes) is 2. The van der Waals surface area contributed by atoms with E-state index in [4.69, 9.17) is 0 Å². The topological polar surface area (TPSA) is 101 Å². The van der Waals surface area contributed by atoms with Crippen molar-refractivity contribution in [2.45, 2.75) is 64.6 Å². The first-order valence-corrected chi connectivity index (χ1v) is 9.63. The summed E-state index contributed by atoms with van der Waals surface area (Å²) in [6, 6.07) is 0. The molecule has 0 saturated carbocycles. The van der Waals surface area contributed by atoms with E-state index in [2.05, 4.69) is 0 Å². The van der Waals surface area contributed by atoms with Gasteiger partial charge in [0.05, 0.1) is 12.6 Å². The highest BCUT2D eigenvalue weighted by Crippen LogP contribution is 2.16. The molecule has 0 bridgehead atoms. The molecule has 0 aliphatic heterocycles. The summed E-state index contributed by atoms with van der Waals surface area (Å²) in [6.45, 7) is 3.91. The lowest BCUT2D eigenvalue weighted by Crippen LogP contribution is -2.61.